The Bertz CT molecular complexity index is 1460. The van der Waals surface area contributed by atoms with Crippen molar-refractivity contribution >= 4 is 28.4 Å². The molecule has 2 aromatic carbocycles. The molecule has 5 rings (SSSR count). The molecular weight excluding hydrogens is 508 g/mol. The van der Waals surface area contributed by atoms with Crippen LogP contribution < -0.4 is 19.5 Å². The van der Waals surface area contributed by atoms with E-state index in [0.29, 0.717) is 59.9 Å². The SMILES string of the molecule is CC[C@H]1C[C@H](C#N)C[C@@H](C)N1C(=O)C1(C(=O)Nc2ccc(Oc3ccnc4cc(OC)c(OC)cc34)cc2)CC1. The number of anilines is 1. The normalized spacial score (nSPS) is 21.3. The highest BCUT2D eigenvalue weighted by molar-refractivity contribution is 6.13. The Kier molecular flexibility index (Phi) is 7.53. The number of likely N-dealkylation sites (tertiary alicyclic amines) is 1. The van der Waals surface area contributed by atoms with Crippen LogP contribution in [0.1, 0.15) is 46.0 Å². The van der Waals surface area contributed by atoms with E-state index in [2.05, 4.69) is 16.4 Å². The molecule has 1 saturated heterocycles. The van der Waals surface area contributed by atoms with E-state index in [9.17, 15) is 14.9 Å². The molecule has 1 aromatic heterocycles. The standard InChI is InChI=1S/C31H34N4O5/c1-5-22-15-20(18-32)14-19(2)35(22)30(37)31(11-12-31)29(36)34-21-6-8-23(9-7-21)40-26-10-13-33-25-17-28(39-4)27(38-3)16-24(25)26/h6-10,13,16-17,19-20,22H,5,11-12,14-15H2,1-4H3,(H,34,36)/t19-,20-,22+/m1/s1. The van der Waals surface area contributed by atoms with Crippen molar-refractivity contribution in [1.82, 2.24) is 9.88 Å². The number of benzene rings is 2. The molecular formula is C31H34N4O5. The number of rotatable bonds is 8. The summed E-state index contributed by atoms with van der Waals surface area (Å²) in [6.07, 6.45) is 4.80. The monoisotopic (exact) mass is 542 g/mol. The van der Waals surface area contributed by atoms with Crippen LogP contribution in [0.5, 0.6) is 23.0 Å². The minimum atomic E-state index is -1.04. The second-order valence-electron chi connectivity index (χ2n) is 10.6. The van der Waals surface area contributed by atoms with Gasteiger partial charge in [-0.15, -0.1) is 0 Å². The number of nitrogens with zero attached hydrogens (tertiary/aromatic N) is 3. The van der Waals surface area contributed by atoms with Gasteiger partial charge in [0.1, 0.15) is 16.9 Å². The second kappa shape index (κ2) is 11.0. The summed E-state index contributed by atoms with van der Waals surface area (Å²) in [6.45, 7) is 4.01. The van der Waals surface area contributed by atoms with Crippen molar-refractivity contribution < 1.29 is 23.8 Å². The van der Waals surface area contributed by atoms with Crippen molar-refractivity contribution in [3.8, 4) is 29.1 Å². The van der Waals surface area contributed by atoms with Crippen LogP contribution >= 0.6 is 0 Å². The molecule has 9 heteroatoms. The summed E-state index contributed by atoms with van der Waals surface area (Å²) >= 11 is 0. The topological polar surface area (TPSA) is 114 Å². The molecule has 0 spiro atoms. The van der Waals surface area contributed by atoms with Crippen molar-refractivity contribution in [3.05, 3.63) is 48.7 Å². The number of amides is 2. The molecule has 40 heavy (non-hydrogen) atoms. The van der Waals surface area contributed by atoms with Gasteiger partial charge in [-0.2, -0.15) is 5.26 Å². The number of nitriles is 1. The third-order valence-corrected chi connectivity index (χ3v) is 8.08. The van der Waals surface area contributed by atoms with Crippen LogP contribution in [-0.2, 0) is 9.59 Å². The molecule has 9 nitrogen and oxygen atoms in total. The summed E-state index contributed by atoms with van der Waals surface area (Å²) in [4.78, 5) is 33.3. The number of ether oxygens (including phenoxy) is 3. The number of aromatic nitrogens is 1. The summed E-state index contributed by atoms with van der Waals surface area (Å²) in [7, 11) is 3.15. The van der Waals surface area contributed by atoms with Gasteiger partial charge in [0.25, 0.3) is 0 Å². The highest BCUT2D eigenvalue weighted by Gasteiger charge is 2.59. The lowest BCUT2D eigenvalue weighted by molar-refractivity contribution is -0.148. The van der Waals surface area contributed by atoms with Crippen LogP contribution in [0, 0.1) is 22.7 Å². The maximum atomic E-state index is 13.7. The van der Waals surface area contributed by atoms with E-state index in [0.717, 1.165) is 11.8 Å². The molecule has 0 unspecified atom stereocenters. The van der Waals surface area contributed by atoms with Gasteiger partial charge >= 0.3 is 0 Å². The number of piperidine rings is 1. The molecule has 0 radical (unpaired) electrons. The molecule has 0 bridgehead atoms. The minimum absolute atomic E-state index is 0.0204. The van der Waals surface area contributed by atoms with E-state index in [-0.39, 0.29) is 29.8 Å². The van der Waals surface area contributed by atoms with Crippen molar-refractivity contribution in [1.29, 1.82) is 5.26 Å². The summed E-state index contributed by atoms with van der Waals surface area (Å²) in [5.74, 6) is 1.89. The smallest absolute Gasteiger partial charge is 0.240 e. The lowest BCUT2D eigenvalue weighted by Crippen LogP contribution is -2.55. The lowest BCUT2D eigenvalue weighted by atomic mass is 9.85. The molecule has 1 aliphatic carbocycles. The Morgan fingerprint density at radius 1 is 1.07 bits per heavy atom. The first-order chi connectivity index (χ1) is 19.3. The molecule has 1 saturated carbocycles. The van der Waals surface area contributed by atoms with Gasteiger partial charge in [0.2, 0.25) is 11.8 Å². The number of carbonyl (C=O) groups excluding carboxylic acids is 2. The van der Waals surface area contributed by atoms with E-state index in [4.69, 9.17) is 14.2 Å². The summed E-state index contributed by atoms with van der Waals surface area (Å²) in [5.41, 5.74) is 0.257. The van der Waals surface area contributed by atoms with E-state index < -0.39 is 5.41 Å². The number of fused-ring (bicyclic) bond motifs is 1. The highest BCUT2D eigenvalue weighted by atomic mass is 16.5. The fraction of sp³-hybridized carbons (Fsp3) is 0.419. The second-order valence-corrected chi connectivity index (χ2v) is 10.6. The quantitative estimate of drug-likeness (QED) is 0.364. The Morgan fingerprint density at radius 2 is 1.77 bits per heavy atom. The Morgan fingerprint density at radius 3 is 2.40 bits per heavy atom. The highest BCUT2D eigenvalue weighted by Crippen LogP contribution is 2.50. The fourth-order valence-corrected chi connectivity index (χ4v) is 5.69. The lowest BCUT2D eigenvalue weighted by Gasteiger charge is -2.43. The number of hydrogen-bond acceptors (Lipinski definition) is 7. The first kappa shape index (κ1) is 27.3. The van der Waals surface area contributed by atoms with Crippen molar-refractivity contribution in [2.75, 3.05) is 19.5 Å². The van der Waals surface area contributed by atoms with E-state index in [1.54, 1.807) is 56.8 Å². The Balaban J connectivity index is 1.29. The van der Waals surface area contributed by atoms with Gasteiger partial charge in [0.05, 0.1) is 31.7 Å². The van der Waals surface area contributed by atoms with Crippen LogP contribution in [0.2, 0.25) is 0 Å². The van der Waals surface area contributed by atoms with Gasteiger partial charge in [-0.25, -0.2) is 0 Å². The first-order valence-electron chi connectivity index (χ1n) is 13.7. The van der Waals surface area contributed by atoms with Crippen LogP contribution in [0.15, 0.2) is 48.7 Å². The molecule has 1 aliphatic heterocycles. The largest absolute Gasteiger partial charge is 0.493 e. The Hall–Kier alpha value is -4.32. The summed E-state index contributed by atoms with van der Waals surface area (Å²) in [5, 5.41) is 13.1. The summed E-state index contributed by atoms with van der Waals surface area (Å²) in [6, 6.07) is 14.7. The molecule has 1 N–H and O–H groups in total. The first-order valence-corrected chi connectivity index (χ1v) is 13.7. The molecule has 3 atom stereocenters. The van der Waals surface area contributed by atoms with Crippen LogP contribution in [0.3, 0.4) is 0 Å². The molecule has 2 aliphatic rings. The average molecular weight is 543 g/mol. The number of pyridine rings is 1. The van der Waals surface area contributed by atoms with Crippen LogP contribution in [0.25, 0.3) is 10.9 Å². The predicted octanol–water partition coefficient (Wildman–Crippen LogP) is 5.69. The fourth-order valence-electron chi connectivity index (χ4n) is 5.69. The third-order valence-electron chi connectivity index (χ3n) is 8.08. The zero-order chi connectivity index (χ0) is 28.4. The van der Waals surface area contributed by atoms with Crippen molar-refractivity contribution in [2.24, 2.45) is 11.3 Å². The number of carbonyl (C=O) groups is 2. The third kappa shape index (κ3) is 5.02. The maximum Gasteiger partial charge on any atom is 0.240 e. The zero-order valence-corrected chi connectivity index (χ0v) is 23.3. The molecule has 2 amide bonds. The van der Waals surface area contributed by atoms with Crippen LogP contribution in [0.4, 0.5) is 5.69 Å². The van der Waals surface area contributed by atoms with Gasteiger partial charge in [0.15, 0.2) is 11.5 Å². The van der Waals surface area contributed by atoms with Gasteiger partial charge in [-0.3, -0.25) is 14.6 Å². The van der Waals surface area contributed by atoms with Gasteiger partial charge in [-0.1, -0.05) is 6.92 Å². The van der Waals surface area contributed by atoms with Crippen LogP contribution in [-0.4, -0.2) is 48.0 Å². The average Bonchev–Trinajstić information content (AvgIpc) is 3.79. The molecule has 2 fully saturated rings. The number of hydrogen-bond donors (Lipinski definition) is 1. The number of methoxy groups -OCH3 is 2. The van der Waals surface area contributed by atoms with Crippen molar-refractivity contribution in [2.45, 2.75) is 58.0 Å². The van der Waals surface area contributed by atoms with E-state index in [1.807, 2.05) is 24.8 Å². The van der Waals surface area contributed by atoms with Gasteiger partial charge in [0, 0.05) is 35.4 Å². The van der Waals surface area contributed by atoms with E-state index >= 15 is 0 Å². The van der Waals surface area contributed by atoms with Gasteiger partial charge in [-0.05, 0) is 75.4 Å². The Labute approximate surface area is 234 Å². The predicted molar refractivity (Wildman–Crippen MR) is 150 cm³/mol. The van der Waals surface area contributed by atoms with Crippen molar-refractivity contribution in [3.63, 3.8) is 0 Å². The van der Waals surface area contributed by atoms with Gasteiger partial charge < -0.3 is 24.4 Å². The molecule has 3 aromatic rings. The molecule has 2 heterocycles. The molecule has 208 valence electrons. The number of nitrogens with one attached hydrogen (secondary N) is 1. The minimum Gasteiger partial charge on any atom is -0.493 e. The maximum absolute atomic E-state index is 13.7. The zero-order valence-electron chi connectivity index (χ0n) is 23.3. The summed E-state index contributed by atoms with van der Waals surface area (Å²) < 4.78 is 16.9. The van der Waals surface area contributed by atoms with E-state index in [1.165, 1.54) is 0 Å².